The zero-order valence-electron chi connectivity index (χ0n) is 13.3. The highest BCUT2D eigenvalue weighted by Crippen LogP contribution is 2.32. The Hall–Kier alpha value is -1.27. The van der Waals surface area contributed by atoms with Gasteiger partial charge in [0, 0.05) is 31.9 Å². The first-order chi connectivity index (χ1) is 9.56. The highest BCUT2D eigenvalue weighted by atomic mass is 15.2. The lowest BCUT2D eigenvalue weighted by Crippen LogP contribution is -2.43. The molecule has 2 rings (SSSR count). The van der Waals surface area contributed by atoms with Gasteiger partial charge < -0.3 is 5.32 Å². The molecule has 2 aliphatic rings. The SMILES string of the molecule is CN/C(C)=C(\C#N)C1=C(C)CC(C)N(CC2CCC2)C1. The quantitative estimate of drug-likeness (QED) is 0.799. The zero-order chi connectivity index (χ0) is 14.7. The maximum atomic E-state index is 9.49. The number of allylic oxidation sites excluding steroid dienone is 1. The first-order valence-corrected chi connectivity index (χ1v) is 7.78. The monoisotopic (exact) mass is 273 g/mol. The molecule has 0 aromatic heterocycles. The minimum absolute atomic E-state index is 0.606. The second-order valence-electron chi connectivity index (χ2n) is 6.40. The van der Waals surface area contributed by atoms with Gasteiger partial charge in [-0.2, -0.15) is 5.26 Å². The van der Waals surface area contributed by atoms with Crippen LogP contribution in [0.5, 0.6) is 0 Å². The average Bonchev–Trinajstić information content (AvgIpc) is 2.38. The van der Waals surface area contributed by atoms with E-state index in [0.29, 0.717) is 6.04 Å². The highest BCUT2D eigenvalue weighted by molar-refractivity contribution is 5.48. The van der Waals surface area contributed by atoms with Crippen LogP contribution in [0.1, 0.15) is 46.5 Å². The van der Waals surface area contributed by atoms with E-state index in [2.05, 4.69) is 30.1 Å². The molecule has 0 saturated heterocycles. The topological polar surface area (TPSA) is 39.1 Å². The Kier molecular flexibility index (Phi) is 4.88. The van der Waals surface area contributed by atoms with Crippen molar-refractivity contribution < 1.29 is 0 Å². The van der Waals surface area contributed by atoms with E-state index in [1.165, 1.54) is 37.0 Å². The number of hydrogen-bond acceptors (Lipinski definition) is 3. The van der Waals surface area contributed by atoms with Gasteiger partial charge in [-0.3, -0.25) is 4.90 Å². The van der Waals surface area contributed by atoms with Crippen molar-refractivity contribution in [1.29, 1.82) is 5.26 Å². The maximum absolute atomic E-state index is 9.49. The normalized spacial score (nSPS) is 25.9. The summed E-state index contributed by atoms with van der Waals surface area (Å²) in [6.07, 6.45) is 5.26. The fraction of sp³-hybridized carbons (Fsp3) is 0.706. The van der Waals surface area contributed by atoms with Gasteiger partial charge in [0.05, 0.1) is 5.57 Å². The van der Waals surface area contributed by atoms with E-state index >= 15 is 0 Å². The predicted molar refractivity (Wildman–Crippen MR) is 83.1 cm³/mol. The second kappa shape index (κ2) is 6.45. The third-order valence-corrected chi connectivity index (χ3v) is 4.98. The lowest BCUT2D eigenvalue weighted by Gasteiger charge is -2.40. The summed E-state index contributed by atoms with van der Waals surface area (Å²) in [5, 5.41) is 12.6. The minimum Gasteiger partial charge on any atom is -0.391 e. The van der Waals surface area contributed by atoms with Gasteiger partial charge in [0.1, 0.15) is 6.07 Å². The molecule has 3 nitrogen and oxygen atoms in total. The van der Waals surface area contributed by atoms with E-state index in [4.69, 9.17) is 0 Å². The van der Waals surface area contributed by atoms with E-state index in [9.17, 15) is 5.26 Å². The first kappa shape index (κ1) is 15.1. The van der Waals surface area contributed by atoms with Crippen LogP contribution in [0.25, 0.3) is 0 Å². The standard InChI is InChI=1S/C17H27N3/c1-12-8-13(2)20(10-15-6-5-7-15)11-17(12)16(9-18)14(3)19-4/h13,15,19H,5-8,10-11H2,1-4H3/b16-14+. The Labute approximate surface area is 123 Å². The number of nitrogens with zero attached hydrogens (tertiary/aromatic N) is 2. The van der Waals surface area contributed by atoms with Crippen LogP contribution < -0.4 is 5.32 Å². The molecule has 1 N–H and O–H groups in total. The van der Waals surface area contributed by atoms with E-state index in [-0.39, 0.29) is 0 Å². The Morgan fingerprint density at radius 3 is 2.65 bits per heavy atom. The molecule has 3 heteroatoms. The van der Waals surface area contributed by atoms with Gasteiger partial charge in [-0.05, 0) is 51.5 Å². The molecule has 0 radical (unpaired) electrons. The van der Waals surface area contributed by atoms with Crippen molar-refractivity contribution in [2.75, 3.05) is 20.1 Å². The van der Waals surface area contributed by atoms with Crippen LogP contribution in [0.2, 0.25) is 0 Å². The maximum Gasteiger partial charge on any atom is 0.101 e. The Morgan fingerprint density at radius 1 is 1.45 bits per heavy atom. The van der Waals surface area contributed by atoms with Gasteiger partial charge >= 0.3 is 0 Å². The lowest BCUT2D eigenvalue weighted by molar-refractivity contribution is 0.143. The molecule has 1 saturated carbocycles. The summed E-state index contributed by atoms with van der Waals surface area (Å²) in [4.78, 5) is 2.58. The molecule has 20 heavy (non-hydrogen) atoms. The molecule has 0 aromatic rings. The van der Waals surface area contributed by atoms with Crippen molar-refractivity contribution in [3.8, 4) is 6.07 Å². The van der Waals surface area contributed by atoms with Crippen molar-refractivity contribution >= 4 is 0 Å². The van der Waals surface area contributed by atoms with Crippen LogP contribution in [0, 0.1) is 17.2 Å². The third-order valence-electron chi connectivity index (χ3n) is 4.98. The van der Waals surface area contributed by atoms with Gasteiger partial charge in [-0.25, -0.2) is 0 Å². The molecule has 1 heterocycles. The summed E-state index contributed by atoms with van der Waals surface area (Å²) < 4.78 is 0. The van der Waals surface area contributed by atoms with Gasteiger partial charge in [0.2, 0.25) is 0 Å². The summed E-state index contributed by atoms with van der Waals surface area (Å²) in [7, 11) is 1.89. The fourth-order valence-electron chi connectivity index (χ4n) is 3.24. The minimum atomic E-state index is 0.606. The molecule has 1 fully saturated rings. The molecule has 0 bridgehead atoms. The molecule has 0 aromatic carbocycles. The molecule has 0 amide bonds. The fourth-order valence-corrected chi connectivity index (χ4v) is 3.24. The largest absolute Gasteiger partial charge is 0.391 e. The van der Waals surface area contributed by atoms with Crippen molar-refractivity contribution in [3.63, 3.8) is 0 Å². The molecule has 110 valence electrons. The summed E-state index contributed by atoms with van der Waals surface area (Å²) in [6, 6.07) is 3.01. The van der Waals surface area contributed by atoms with E-state index in [0.717, 1.165) is 30.2 Å². The van der Waals surface area contributed by atoms with Crippen LogP contribution in [-0.4, -0.2) is 31.1 Å². The van der Waals surface area contributed by atoms with E-state index < -0.39 is 0 Å². The number of rotatable bonds is 4. The summed E-state index contributed by atoms with van der Waals surface area (Å²) in [6.45, 7) is 8.64. The third kappa shape index (κ3) is 3.07. The highest BCUT2D eigenvalue weighted by Gasteiger charge is 2.29. The second-order valence-corrected chi connectivity index (χ2v) is 6.40. The molecule has 1 unspecified atom stereocenters. The first-order valence-electron chi connectivity index (χ1n) is 7.78. The van der Waals surface area contributed by atoms with Gasteiger partial charge in [-0.15, -0.1) is 0 Å². The van der Waals surface area contributed by atoms with E-state index in [1.54, 1.807) is 0 Å². The van der Waals surface area contributed by atoms with Crippen LogP contribution >= 0.6 is 0 Å². The van der Waals surface area contributed by atoms with Crippen molar-refractivity contribution in [2.24, 2.45) is 5.92 Å². The summed E-state index contributed by atoms with van der Waals surface area (Å²) in [5.74, 6) is 0.886. The summed E-state index contributed by atoms with van der Waals surface area (Å²) in [5.41, 5.74) is 4.46. The number of hydrogen-bond donors (Lipinski definition) is 1. The number of nitrogens with one attached hydrogen (secondary N) is 1. The van der Waals surface area contributed by atoms with Crippen LogP contribution in [-0.2, 0) is 0 Å². The van der Waals surface area contributed by atoms with Crippen molar-refractivity contribution in [3.05, 3.63) is 22.4 Å². The lowest BCUT2D eigenvalue weighted by atomic mass is 9.83. The predicted octanol–water partition coefficient (Wildman–Crippen LogP) is 3.21. The Morgan fingerprint density at radius 2 is 2.15 bits per heavy atom. The smallest absolute Gasteiger partial charge is 0.101 e. The molecular formula is C17H27N3. The molecule has 0 spiro atoms. The molecule has 1 aliphatic carbocycles. The average molecular weight is 273 g/mol. The van der Waals surface area contributed by atoms with Crippen molar-refractivity contribution in [2.45, 2.75) is 52.5 Å². The number of nitriles is 1. The molecular weight excluding hydrogens is 246 g/mol. The van der Waals surface area contributed by atoms with Crippen LogP contribution in [0.3, 0.4) is 0 Å². The van der Waals surface area contributed by atoms with Crippen LogP contribution in [0.15, 0.2) is 22.4 Å². The molecule has 1 aliphatic heterocycles. The molecule has 1 atom stereocenters. The van der Waals surface area contributed by atoms with Gasteiger partial charge in [-0.1, -0.05) is 12.0 Å². The van der Waals surface area contributed by atoms with E-state index in [1.807, 2.05) is 14.0 Å². The van der Waals surface area contributed by atoms with Gasteiger partial charge in [0.25, 0.3) is 0 Å². The Balaban J connectivity index is 2.19. The summed E-state index contributed by atoms with van der Waals surface area (Å²) >= 11 is 0. The van der Waals surface area contributed by atoms with Crippen molar-refractivity contribution in [1.82, 2.24) is 10.2 Å². The van der Waals surface area contributed by atoms with Crippen LogP contribution in [0.4, 0.5) is 0 Å². The Bertz CT molecular complexity index is 463. The van der Waals surface area contributed by atoms with Gasteiger partial charge in [0.15, 0.2) is 0 Å². The zero-order valence-corrected chi connectivity index (χ0v) is 13.3.